The van der Waals surface area contributed by atoms with Crippen molar-refractivity contribution in [3.63, 3.8) is 0 Å². The summed E-state index contributed by atoms with van der Waals surface area (Å²) in [6.07, 6.45) is 4.78. The largest absolute Gasteiger partial charge is 0.497 e. The summed E-state index contributed by atoms with van der Waals surface area (Å²) >= 11 is 0. The van der Waals surface area contributed by atoms with E-state index in [2.05, 4.69) is 28.6 Å². The van der Waals surface area contributed by atoms with Crippen LogP contribution in [-0.2, 0) is 11.2 Å². The van der Waals surface area contributed by atoms with E-state index in [0.717, 1.165) is 54.0 Å². The number of piperidine rings is 1. The third-order valence-corrected chi connectivity index (χ3v) is 5.83. The Morgan fingerprint density at radius 1 is 1.21 bits per heavy atom. The number of hydrogen-bond acceptors (Lipinski definition) is 4. The molecule has 1 aromatic carbocycles. The maximum Gasteiger partial charge on any atom is 0.220 e. The van der Waals surface area contributed by atoms with Crippen molar-refractivity contribution in [1.29, 1.82) is 0 Å². The van der Waals surface area contributed by atoms with Gasteiger partial charge in [-0.15, -0.1) is 0 Å². The third-order valence-electron chi connectivity index (χ3n) is 5.83. The van der Waals surface area contributed by atoms with E-state index in [1.807, 2.05) is 12.1 Å². The SMILES string of the molecule is COc1cc(OC)c2cc(CCCNC(=O)CC(C)C3CCNCC3)[nH]c2c1. The van der Waals surface area contributed by atoms with Crippen LogP contribution < -0.4 is 20.1 Å². The second-order valence-electron chi connectivity index (χ2n) is 7.81. The fraction of sp³-hybridized carbons (Fsp3) is 0.591. The number of amides is 1. The van der Waals surface area contributed by atoms with Gasteiger partial charge in [-0.05, 0) is 56.7 Å². The van der Waals surface area contributed by atoms with Crippen molar-refractivity contribution in [2.75, 3.05) is 33.9 Å². The first-order chi connectivity index (χ1) is 13.6. The van der Waals surface area contributed by atoms with Crippen LogP contribution in [0.5, 0.6) is 11.5 Å². The molecule has 1 fully saturated rings. The number of aromatic amines is 1. The molecule has 3 N–H and O–H groups in total. The standard InChI is InChI=1S/C22H33N3O3/c1-15(16-6-9-23-10-7-16)11-22(26)24-8-4-5-17-12-19-20(25-17)13-18(27-2)14-21(19)28-3/h12-16,23,25H,4-11H2,1-3H3,(H,24,26). The number of fused-ring (bicyclic) bond motifs is 1. The number of carbonyl (C=O) groups excluding carboxylic acids is 1. The Labute approximate surface area is 167 Å². The Bertz CT molecular complexity index is 781. The molecular formula is C22H33N3O3. The summed E-state index contributed by atoms with van der Waals surface area (Å²) < 4.78 is 10.8. The number of aryl methyl sites for hydroxylation is 1. The van der Waals surface area contributed by atoms with E-state index in [1.54, 1.807) is 14.2 Å². The lowest BCUT2D eigenvalue weighted by molar-refractivity contribution is -0.122. The van der Waals surface area contributed by atoms with Gasteiger partial charge in [0.15, 0.2) is 0 Å². The van der Waals surface area contributed by atoms with Crippen molar-refractivity contribution >= 4 is 16.8 Å². The van der Waals surface area contributed by atoms with Gasteiger partial charge in [0.1, 0.15) is 11.5 Å². The Morgan fingerprint density at radius 2 is 2.00 bits per heavy atom. The Kier molecular flexibility index (Phi) is 7.20. The van der Waals surface area contributed by atoms with E-state index in [0.29, 0.717) is 24.8 Å². The molecule has 1 unspecified atom stereocenters. The summed E-state index contributed by atoms with van der Waals surface area (Å²) in [7, 11) is 3.32. The molecule has 1 atom stereocenters. The summed E-state index contributed by atoms with van der Waals surface area (Å²) in [6.45, 7) is 5.07. The monoisotopic (exact) mass is 387 g/mol. The number of methoxy groups -OCH3 is 2. The number of aromatic nitrogens is 1. The quantitative estimate of drug-likeness (QED) is 0.577. The normalized spacial score (nSPS) is 16.1. The maximum absolute atomic E-state index is 12.2. The molecule has 1 aliphatic heterocycles. The van der Waals surface area contributed by atoms with Gasteiger partial charge in [0, 0.05) is 36.2 Å². The maximum atomic E-state index is 12.2. The van der Waals surface area contributed by atoms with E-state index >= 15 is 0 Å². The topological polar surface area (TPSA) is 75.4 Å². The van der Waals surface area contributed by atoms with Crippen LogP contribution in [0.25, 0.3) is 10.9 Å². The molecule has 1 amide bonds. The van der Waals surface area contributed by atoms with Gasteiger partial charge in [0.2, 0.25) is 5.91 Å². The minimum Gasteiger partial charge on any atom is -0.497 e. The Balaban J connectivity index is 1.45. The molecule has 0 bridgehead atoms. The highest BCUT2D eigenvalue weighted by Gasteiger charge is 2.21. The van der Waals surface area contributed by atoms with Crippen LogP contribution in [0, 0.1) is 11.8 Å². The highest BCUT2D eigenvalue weighted by molar-refractivity contribution is 5.88. The van der Waals surface area contributed by atoms with Gasteiger partial charge in [0.05, 0.1) is 19.7 Å². The van der Waals surface area contributed by atoms with Gasteiger partial charge in [-0.2, -0.15) is 0 Å². The van der Waals surface area contributed by atoms with Crippen molar-refractivity contribution < 1.29 is 14.3 Å². The molecular weight excluding hydrogens is 354 g/mol. The fourth-order valence-electron chi connectivity index (χ4n) is 4.11. The van der Waals surface area contributed by atoms with Crippen LogP contribution in [0.15, 0.2) is 18.2 Å². The summed E-state index contributed by atoms with van der Waals surface area (Å²) in [6, 6.07) is 5.99. The second kappa shape index (κ2) is 9.82. The molecule has 6 nitrogen and oxygen atoms in total. The van der Waals surface area contributed by atoms with Crippen molar-refractivity contribution in [2.45, 2.75) is 39.0 Å². The number of rotatable bonds is 9. The lowest BCUT2D eigenvalue weighted by atomic mass is 9.84. The van der Waals surface area contributed by atoms with Gasteiger partial charge in [0.25, 0.3) is 0 Å². The van der Waals surface area contributed by atoms with Crippen LogP contribution in [0.2, 0.25) is 0 Å². The number of ether oxygens (including phenoxy) is 2. The summed E-state index contributed by atoms with van der Waals surface area (Å²) in [4.78, 5) is 15.7. The number of carbonyl (C=O) groups is 1. The van der Waals surface area contributed by atoms with Crippen LogP contribution in [-0.4, -0.2) is 44.7 Å². The van der Waals surface area contributed by atoms with E-state index < -0.39 is 0 Å². The molecule has 3 rings (SSSR count). The Morgan fingerprint density at radius 3 is 2.71 bits per heavy atom. The lowest BCUT2D eigenvalue weighted by Crippen LogP contribution is -2.33. The minimum absolute atomic E-state index is 0.175. The predicted octanol–water partition coefficient (Wildman–Crippen LogP) is 3.26. The summed E-state index contributed by atoms with van der Waals surface area (Å²) in [5.41, 5.74) is 2.14. The second-order valence-corrected chi connectivity index (χ2v) is 7.81. The lowest BCUT2D eigenvalue weighted by Gasteiger charge is -2.27. The highest BCUT2D eigenvalue weighted by atomic mass is 16.5. The minimum atomic E-state index is 0.175. The van der Waals surface area contributed by atoms with E-state index in [4.69, 9.17) is 9.47 Å². The van der Waals surface area contributed by atoms with Crippen molar-refractivity contribution in [3.8, 4) is 11.5 Å². The van der Waals surface area contributed by atoms with Crippen molar-refractivity contribution in [2.24, 2.45) is 11.8 Å². The van der Waals surface area contributed by atoms with Crippen LogP contribution >= 0.6 is 0 Å². The molecule has 1 aromatic heterocycles. The van der Waals surface area contributed by atoms with Gasteiger partial charge in [-0.3, -0.25) is 4.79 Å². The zero-order valence-corrected chi connectivity index (χ0v) is 17.3. The van der Waals surface area contributed by atoms with Gasteiger partial charge in [-0.1, -0.05) is 6.92 Å². The fourth-order valence-corrected chi connectivity index (χ4v) is 4.11. The number of nitrogens with one attached hydrogen (secondary N) is 3. The first-order valence-corrected chi connectivity index (χ1v) is 10.3. The number of H-pyrrole nitrogens is 1. The zero-order valence-electron chi connectivity index (χ0n) is 17.3. The molecule has 0 saturated carbocycles. The molecule has 0 aliphatic carbocycles. The molecule has 1 saturated heterocycles. The van der Waals surface area contributed by atoms with E-state index in [-0.39, 0.29) is 5.91 Å². The number of hydrogen-bond donors (Lipinski definition) is 3. The molecule has 6 heteroatoms. The van der Waals surface area contributed by atoms with E-state index in [9.17, 15) is 4.79 Å². The molecule has 154 valence electrons. The average molecular weight is 388 g/mol. The van der Waals surface area contributed by atoms with E-state index in [1.165, 1.54) is 12.8 Å². The predicted molar refractivity (Wildman–Crippen MR) is 112 cm³/mol. The molecule has 2 heterocycles. The van der Waals surface area contributed by atoms with Crippen molar-refractivity contribution in [1.82, 2.24) is 15.6 Å². The molecule has 0 spiro atoms. The van der Waals surface area contributed by atoms with Crippen LogP contribution in [0.1, 0.15) is 38.3 Å². The first kappa shape index (κ1) is 20.5. The molecule has 1 aliphatic rings. The summed E-state index contributed by atoms with van der Waals surface area (Å²) in [5, 5.41) is 7.52. The van der Waals surface area contributed by atoms with Gasteiger partial charge in [-0.25, -0.2) is 0 Å². The highest BCUT2D eigenvalue weighted by Crippen LogP contribution is 2.31. The molecule has 28 heavy (non-hydrogen) atoms. The average Bonchev–Trinajstić information content (AvgIpc) is 3.13. The van der Waals surface area contributed by atoms with Crippen LogP contribution in [0.3, 0.4) is 0 Å². The third kappa shape index (κ3) is 5.19. The first-order valence-electron chi connectivity index (χ1n) is 10.3. The molecule has 0 radical (unpaired) electrons. The summed E-state index contributed by atoms with van der Waals surface area (Å²) in [5.74, 6) is 2.88. The molecule has 2 aromatic rings. The number of benzene rings is 1. The van der Waals surface area contributed by atoms with Gasteiger partial charge >= 0.3 is 0 Å². The van der Waals surface area contributed by atoms with Gasteiger partial charge < -0.3 is 25.1 Å². The van der Waals surface area contributed by atoms with Crippen molar-refractivity contribution in [3.05, 3.63) is 23.9 Å². The zero-order chi connectivity index (χ0) is 19.9. The van der Waals surface area contributed by atoms with Crippen LogP contribution in [0.4, 0.5) is 0 Å². The Hall–Kier alpha value is -2.21. The smallest absolute Gasteiger partial charge is 0.220 e.